The monoisotopic (exact) mass is 290 g/mol. The molecule has 1 heterocycles. The van der Waals surface area contributed by atoms with Crippen LogP contribution >= 0.6 is 11.6 Å². The van der Waals surface area contributed by atoms with Crippen LogP contribution in [0.25, 0.3) is 10.9 Å². The zero-order valence-electron chi connectivity index (χ0n) is 12.5. The number of aromatic nitrogens is 1. The number of rotatable bonds is 6. The molecular weight excluding hydrogens is 268 g/mol. The van der Waals surface area contributed by atoms with Gasteiger partial charge in [-0.25, -0.2) is 0 Å². The smallest absolute Gasteiger partial charge is 0.0725 e. The highest BCUT2D eigenvalue weighted by Crippen LogP contribution is 2.30. The molecule has 0 fully saturated rings. The molecule has 0 saturated heterocycles. The minimum Gasteiger partial charge on any atom is -0.384 e. The van der Waals surface area contributed by atoms with Crippen molar-refractivity contribution in [3.05, 3.63) is 36.0 Å². The van der Waals surface area contributed by atoms with Gasteiger partial charge in [0.1, 0.15) is 0 Å². The number of nitrogens with one attached hydrogen (secondary N) is 1. The molecule has 0 atom stereocenters. The Kier molecular flexibility index (Phi) is 4.87. The highest BCUT2D eigenvalue weighted by Gasteiger charge is 2.25. The largest absolute Gasteiger partial charge is 0.384 e. The second kappa shape index (κ2) is 6.45. The number of aryl methyl sites for hydroxylation is 1. The van der Waals surface area contributed by atoms with E-state index in [0.717, 1.165) is 36.3 Å². The third kappa shape index (κ3) is 3.06. The maximum absolute atomic E-state index is 6.19. The summed E-state index contributed by atoms with van der Waals surface area (Å²) < 4.78 is 0. The first-order chi connectivity index (χ1) is 9.64. The second-order valence-electron chi connectivity index (χ2n) is 5.52. The van der Waals surface area contributed by atoms with Gasteiger partial charge in [-0.2, -0.15) is 0 Å². The molecule has 20 heavy (non-hydrogen) atoms. The van der Waals surface area contributed by atoms with Gasteiger partial charge in [0.15, 0.2) is 0 Å². The number of alkyl halides is 1. The number of fused-ring (bicyclic) bond motifs is 1. The molecule has 0 amide bonds. The Bertz CT molecular complexity index is 568. The fourth-order valence-electron chi connectivity index (χ4n) is 2.47. The van der Waals surface area contributed by atoms with E-state index in [-0.39, 0.29) is 5.41 Å². The van der Waals surface area contributed by atoms with Crippen LogP contribution in [0.15, 0.2) is 30.3 Å². The predicted octanol–water partition coefficient (Wildman–Crippen LogP) is 5.00. The van der Waals surface area contributed by atoms with Crippen LogP contribution in [0.5, 0.6) is 0 Å². The number of benzene rings is 1. The van der Waals surface area contributed by atoms with E-state index in [4.69, 9.17) is 11.6 Å². The maximum Gasteiger partial charge on any atom is 0.0725 e. The summed E-state index contributed by atoms with van der Waals surface area (Å²) in [7, 11) is 0. The molecule has 2 aromatic rings. The van der Waals surface area contributed by atoms with Crippen molar-refractivity contribution >= 4 is 28.2 Å². The van der Waals surface area contributed by atoms with Crippen LogP contribution in [0.2, 0.25) is 0 Å². The quantitative estimate of drug-likeness (QED) is 0.757. The highest BCUT2D eigenvalue weighted by atomic mass is 35.5. The molecule has 0 aliphatic carbocycles. The zero-order chi connectivity index (χ0) is 14.6. The Labute approximate surface area is 126 Å². The molecule has 1 aromatic heterocycles. The number of hydrogen-bond acceptors (Lipinski definition) is 2. The van der Waals surface area contributed by atoms with E-state index >= 15 is 0 Å². The topological polar surface area (TPSA) is 24.9 Å². The molecule has 0 unspecified atom stereocenters. The molecule has 0 aliphatic rings. The van der Waals surface area contributed by atoms with E-state index in [0.29, 0.717) is 5.88 Å². The number of pyridine rings is 1. The van der Waals surface area contributed by atoms with Crippen LogP contribution in [0.3, 0.4) is 0 Å². The van der Waals surface area contributed by atoms with E-state index in [1.165, 1.54) is 5.39 Å². The fraction of sp³-hybridized carbons (Fsp3) is 0.471. The van der Waals surface area contributed by atoms with E-state index in [1.54, 1.807) is 0 Å². The lowest BCUT2D eigenvalue weighted by atomic mass is 9.84. The average molecular weight is 291 g/mol. The van der Waals surface area contributed by atoms with Crippen molar-refractivity contribution in [2.24, 2.45) is 5.41 Å². The minimum atomic E-state index is 0.167. The normalized spacial score (nSPS) is 11.8. The zero-order valence-corrected chi connectivity index (χ0v) is 13.3. The summed E-state index contributed by atoms with van der Waals surface area (Å²) in [6, 6.07) is 10.4. The lowest BCUT2D eigenvalue weighted by Crippen LogP contribution is -2.30. The molecule has 1 aromatic carbocycles. The molecular formula is C17H23ClN2. The lowest BCUT2D eigenvalue weighted by molar-refractivity contribution is 0.327. The van der Waals surface area contributed by atoms with Crippen LogP contribution in [0.4, 0.5) is 5.69 Å². The van der Waals surface area contributed by atoms with Crippen molar-refractivity contribution in [2.45, 2.75) is 33.6 Å². The van der Waals surface area contributed by atoms with Gasteiger partial charge in [0.05, 0.1) is 5.52 Å². The summed E-state index contributed by atoms with van der Waals surface area (Å²) >= 11 is 6.19. The van der Waals surface area contributed by atoms with Gasteiger partial charge in [-0.3, -0.25) is 4.98 Å². The third-order valence-electron chi connectivity index (χ3n) is 4.28. The van der Waals surface area contributed by atoms with Crippen LogP contribution in [0.1, 0.15) is 32.4 Å². The fourth-order valence-corrected chi connectivity index (χ4v) is 2.95. The van der Waals surface area contributed by atoms with Gasteiger partial charge in [0, 0.05) is 34.6 Å². The first-order valence-electron chi connectivity index (χ1n) is 7.30. The van der Waals surface area contributed by atoms with Crippen molar-refractivity contribution in [1.82, 2.24) is 4.98 Å². The molecule has 0 radical (unpaired) electrons. The predicted molar refractivity (Wildman–Crippen MR) is 88.7 cm³/mol. The molecule has 0 bridgehead atoms. The van der Waals surface area contributed by atoms with Crippen molar-refractivity contribution in [1.29, 1.82) is 0 Å². The molecule has 0 saturated carbocycles. The summed E-state index contributed by atoms with van der Waals surface area (Å²) in [4.78, 5) is 4.58. The second-order valence-corrected chi connectivity index (χ2v) is 5.79. The van der Waals surface area contributed by atoms with Gasteiger partial charge in [0.25, 0.3) is 0 Å². The van der Waals surface area contributed by atoms with Crippen LogP contribution in [-0.4, -0.2) is 17.4 Å². The number of hydrogen-bond donors (Lipinski definition) is 1. The standard InChI is InChI=1S/C17H23ClN2/c1-4-17(5-2,11-18)12-19-16-10-13(3)20-15-9-7-6-8-14(15)16/h6-10H,4-5,11-12H2,1-3H3,(H,19,20). The molecule has 0 spiro atoms. The Morgan fingerprint density at radius 2 is 1.90 bits per heavy atom. The Morgan fingerprint density at radius 1 is 1.20 bits per heavy atom. The van der Waals surface area contributed by atoms with Crippen LogP contribution in [0, 0.1) is 12.3 Å². The van der Waals surface area contributed by atoms with Gasteiger partial charge in [-0.1, -0.05) is 32.0 Å². The average Bonchev–Trinajstić information content (AvgIpc) is 2.49. The van der Waals surface area contributed by atoms with Gasteiger partial charge in [-0.05, 0) is 31.9 Å². The minimum absolute atomic E-state index is 0.167. The summed E-state index contributed by atoms with van der Waals surface area (Å²) in [5, 5.41) is 4.77. The van der Waals surface area contributed by atoms with E-state index in [9.17, 15) is 0 Å². The lowest BCUT2D eigenvalue weighted by Gasteiger charge is -2.30. The number of para-hydroxylation sites is 1. The van der Waals surface area contributed by atoms with Crippen molar-refractivity contribution in [2.75, 3.05) is 17.7 Å². The van der Waals surface area contributed by atoms with Crippen LogP contribution < -0.4 is 5.32 Å². The molecule has 3 heteroatoms. The van der Waals surface area contributed by atoms with Gasteiger partial charge in [-0.15, -0.1) is 11.6 Å². The van der Waals surface area contributed by atoms with Crippen molar-refractivity contribution in [3.8, 4) is 0 Å². The Morgan fingerprint density at radius 3 is 2.55 bits per heavy atom. The maximum atomic E-state index is 6.19. The highest BCUT2D eigenvalue weighted by molar-refractivity contribution is 6.18. The first kappa shape index (κ1) is 15.1. The SMILES string of the molecule is CCC(CC)(CCl)CNc1cc(C)nc2ccccc12. The number of nitrogens with zero attached hydrogens (tertiary/aromatic N) is 1. The molecule has 0 aliphatic heterocycles. The molecule has 108 valence electrons. The third-order valence-corrected chi connectivity index (χ3v) is 4.85. The molecule has 2 nitrogen and oxygen atoms in total. The summed E-state index contributed by atoms with van der Waals surface area (Å²) in [5.74, 6) is 0.689. The number of anilines is 1. The van der Waals surface area contributed by atoms with Crippen molar-refractivity contribution < 1.29 is 0 Å². The van der Waals surface area contributed by atoms with Crippen LogP contribution in [-0.2, 0) is 0 Å². The Hall–Kier alpha value is -1.28. The van der Waals surface area contributed by atoms with E-state index in [1.807, 2.05) is 13.0 Å². The summed E-state index contributed by atoms with van der Waals surface area (Å²) in [6.07, 6.45) is 2.17. The summed E-state index contributed by atoms with van der Waals surface area (Å²) in [6.45, 7) is 7.36. The van der Waals surface area contributed by atoms with Gasteiger partial charge in [0.2, 0.25) is 0 Å². The molecule has 2 rings (SSSR count). The van der Waals surface area contributed by atoms with E-state index < -0.39 is 0 Å². The summed E-state index contributed by atoms with van der Waals surface area (Å²) in [5.41, 5.74) is 3.40. The van der Waals surface area contributed by atoms with Crippen molar-refractivity contribution in [3.63, 3.8) is 0 Å². The molecule has 1 N–H and O–H groups in total. The first-order valence-corrected chi connectivity index (χ1v) is 7.84. The Balaban J connectivity index is 2.30. The van der Waals surface area contributed by atoms with E-state index in [2.05, 4.69) is 48.4 Å². The van der Waals surface area contributed by atoms with Gasteiger partial charge >= 0.3 is 0 Å². The van der Waals surface area contributed by atoms with Gasteiger partial charge < -0.3 is 5.32 Å². The number of halogens is 1.